The highest BCUT2D eigenvalue weighted by molar-refractivity contribution is 6.42. The SMILES string of the molecule is Nc1nc(Cc2ccc(Cl)c(Cl)c2)no1. The quantitative estimate of drug-likeness (QED) is 0.881. The number of hydrogen-bond acceptors (Lipinski definition) is 4. The number of benzene rings is 1. The molecule has 15 heavy (non-hydrogen) atoms. The van der Waals surface area contributed by atoms with E-state index in [9.17, 15) is 0 Å². The number of aromatic nitrogens is 2. The first-order valence-corrected chi connectivity index (χ1v) is 4.93. The van der Waals surface area contributed by atoms with E-state index >= 15 is 0 Å². The molecule has 78 valence electrons. The molecule has 0 saturated carbocycles. The van der Waals surface area contributed by atoms with Crippen LogP contribution in [0.5, 0.6) is 0 Å². The number of nitrogens with zero attached hydrogens (tertiary/aromatic N) is 2. The molecular formula is C9H7Cl2N3O. The molecule has 0 aliphatic carbocycles. The van der Waals surface area contributed by atoms with Crippen LogP contribution < -0.4 is 5.73 Å². The van der Waals surface area contributed by atoms with Crippen molar-refractivity contribution in [3.05, 3.63) is 39.6 Å². The average Bonchev–Trinajstić information content (AvgIpc) is 2.58. The predicted octanol–water partition coefficient (Wildman–Crippen LogP) is 2.55. The Labute approximate surface area is 96.0 Å². The molecule has 0 aliphatic rings. The van der Waals surface area contributed by atoms with E-state index in [2.05, 4.69) is 14.7 Å². The summed E-state index contributed by atoms with van der Waals surface area (Å²) in [7, 11) is 0. The summed E-state index contributed by atoms with van der Waals surface area (Å²) in [5, 5.41) is 4.70. The summed E-state index contributed by atoms with van der Waals surface area (Å²) in [4.78, 5) is 3.88. The van der Waals surface area contributed by atoms with E-state index in [4.69, 9.17) is 28.9 Å². The highest BCUT2D eigenvalue weighted by Crippen LogP contribution is 2.23. The molecule has 2 rings (SSSR count). The third-order valence-electron chi connectivity index (χ3n) is 1.83. The van der Waals surface area contributed by atoms with Crippen molar-refractivity contribution in [3.8, 4) is 0 Å². The lowest BCUT2D eigenvalue weighted by atomic mass is 10.1. The van der Waals surface area contributed by atoms with E-state index in [1.165, 1.54) is 0 Å². The molecule has 1 aromatic heterocycles. The topological polar surface area (TPSA) is 64.9 Å². The summed E-state index contributed by atoms with van der Waals surface area (Å²) < 4.78 is 4.65. The second-order valence-electron chi connectivity index (χ2n) is 2.97. The van der Waals surface area contributed by atoms with Crippen molar-refractivity contribution in [1.82, 2.24) is 10.1 Å². The van der Waals surface area contributed by atoms with Crippen molar-refractivity contribution in [3.63, 3.8) is 0 Å². The molecule has 2 aromatic rings. The summed E-state index contributed by atoms with van der Waals surface area (Å²) in [5.41, 5.74) is 6.25. The highest BCUT2D eigenvalue weighted by Gasteiger charge is 2.05. The first-order chi connectivity index (χ1) is 7.15. The van der Waals surface area contributed by atoms with Crippen LogP contribution in [0.15, 0.2) is 22.7 Å². The maximum atomic E-state index is 5.86. The molecule has 0 fully saturated rings. The second kappa shape index (κ2) is 4.08. The van der Waals surface area contributed by atoms with E-state index < -0.39 is 0 Å². The van der Waals surface area contributed by atoms with E-state index in [0.29, 0.717) is 22.3 Å². The van der Waals surface area contributed by atoms with Gasteiger partial charge in [-0.15, -0.1) is 0 Å². The van der Waals surface area contributed by atoms with E-state index in [1.807, 2.05) is 6.07 Å². The fourth-order valence-corrected chi connectivity index (χ4v) is 1.49. The van der Waals surface area contributed by atoms with Gasteiger partial charge < -0.3 is 10.3 Å². The minimum absolute atomic E-state index is 0.0602. The van der Waals surface area contributed by atoms with Crippen LogP contribution in [0, 0.1) is 0 Å². The largest absolute Gasteiger partial charge is 0.351 e. The lowest BCUT2D eigenvalue weighted by molar-refractivity contribution is 0.428. The molecule has 0 saturated heterocycles. The molecule has 1 heterocycles. The van der Waals surface area contributed by atoms with Gasteiger partial charge in [-0.25, -0.2) is 0 Å². The number of anilines is 1. The number of hydrogen-bond donors (Lipinski definition) is 1. The van der Waals surface area contributed by atoms with Crippen LogP contribution in [-0.2, 0) is 6.42 Å². The van der Waals surface area contributed by atoms with Crippen LogP contribution in [0.25, 0.3) is 0 Å². The molecule has 0 bridgehead atoms. The third-order valence-corrected chi connectivity index (χ3v) is 2.57. The minimum Gasteiger partial charge on any atom is -0.351 e. The van der Waals surface area contributed by atoms with Gasteiger partial charge in [-0.1, -0.05) is 34.4 Å². The monoisotopic (exact) mass is 243 g/mol. The van der Waals surface area contributed by atoms with Crippen LogP contribution in [0.2, 0.25) is 10.0 Å². The van der Waals surface area contributed by atoms with Crippen molar-refractivity contribution in [2.75, 3.05) is 5.73 Å². The Morgan fingerprint density at radius 3 is 2.67 bits per heavy atom. The smallest absolute Gasteiger partial charge is 0.318 e. The second-order valence-corrected chi connectivity index (χ2v) is 3.79. The maximum Gasteiger partial charge on any atom is 0.318 e. The Morgan fingerprint density at radius 2 is 2.07 bits per heavy atom. The lowest BCUT2D eigenvalue weighted by Gasteiger charge is -1.99. The number of nitrogens with two attached hydrogens (primary N) is 1. The van der Waals surface area contributed by atoms with Crippen LogP contribution >= 0.6 is 23.2 Å². The highest BCUT2D eigenvalue weighted by atomic mass is 35.5. The third kappa shape index (κ3) is 2.40. The van der Waals surface area contributed by atoms with Crippen molar-refractivity contribution >= 4 is 29.2 Å². The zero-order valence-electron chi connectivity index (χ0n) is 7.58. The van der Waals surface area contributed by atoms with Crippen LogP contribution in [0.1, 0.15) is 11.4 Å². The van der Waals surface area contributed by atoms with Gasteiger partial charge in [-0.3, -0.25) is 0 Å². The molecule has 1 aromatic carbocycles. The normalized spacial score (nSPS) is 10.5. The van der Waals surface area contributed by atoms with Gasteiger partial charge in [0.1, 0.15) is 0 Å². The zero-order valence-corrected chi connectivity index (χ0v) is 9.09. The molecule has 0 amide bonds. The number of rotatable bonds is 2. The van der Waals surface area contributed by atoms with E-state index in [-0.39, 0.29) is 6.01 Å². The van der Waals surface area contributed by atoms with Crippen molar-refractivity contribution in [2.45, 2.75) is 6.42 Å². The first-order valence-electron chi connectivity index (χ1n) is 4.17. The van der Waals surface area contributed by atoms with Gasteiger partial charge >= 0.3 is 6.01 Å². The van der Waals surface area contributed by atoms with Gasteiger partial charge in [0.25, 0.3) is 0 Å². The molecule has 4 nitrogen and oxygen atoms in total. The Balaban J connectivity index is 2.21. The van der Waals surface area contributed by atoms with Crippen LogP contribution in [0.4, 0.5) is 6.01 Å². The molecule has 2 N–H and O–H groups in total. The average molecular weight is 244 g/mol. The molecule has 0 atom stereocenters. The van der Waals surface area contributed by atoms with E-state index in [0.717, 1.165) is 5.56 Å². The maximum absolute atomic E-state index is 5.86. The standard InChI is InChI=1S/C9H7Cl2N3O/c10-6-2-1-5(3-7(6)11)4-8-13-9(12)15-14-8/h1-3H,4H2,(H2,12,13,14). The Hall–Kier alpha value is -1.26. The Kier molecular flexibility index (Phi) is 2.79. The molecule has 0 radical (unpaired) electrons. The predicted molar refractivity (Wildman–Crippen MR) is 58.0 cm³/mol. The van der Waals surface area contributed by atoms with Gasteiger partial charge in [0, 0.05) is 6.42 Å². The number of halogens is 2. The number of nitrogen functional groups attached to an aromatic ring is 1. The van der Waals surface area contributed by atoms with Crippen molar-refractivity contribution in [1.29, 1.82) is 0 Å². The Bertz CT molecular complexity index is 484. The summed E-state index contributed by atoms with van der Waals surface area (Å²) in [5.74, 6) is 0.519. The minimum atomic E-state index is 0.0602. The zero-order chi connectivity index (χ0) is 10.8. The summed E-state index contributed by atoms with van der Waals surface area (Å²) >= 11 is 11.7. The fraction of sp³-hybridized carbons (Fsp3) is 0.111. The van der Waals surface area contributed by atoms with E-state index in [1.54, 1.807) is 12.1 Å². The van der Waals surface area contributed by atoms with Gasteiger partial charge in [0.15, 0.2) is 5.82 Å². The lowest BCUT2D eigenvalue weighted by Crippen LogP contribution is -1.91. The van der Waals surface area contributed by atoms with Crippen molar-refractivity contribution in [2.24, 2.45) is 0 Å². The molecule has 0 unspecified atom stereocenters. The van der Waals surface area contributed by atoms with Gasteiger partial charge in [-0.05, 0) is 17.7 Å². The summed E-state index contributed by atoms with van der Waals surface area (Å²) in [6.45, 7) is 0. The van der Waals surface area contributed by atoms with Gasteiger partial charge in [0.2, 0.25) is 0 Å². The first kappa shape index (κ1) is 10.3. The Morgan fingerprint density at radius 1 is 1.27 bits per heavy atom. The summed E-state index contributed by atoms with van der Waals surface area (Å²) in [6.07, 6.45) is 0.511. The molecule has 0 spiro atoms. The van der Waals surface area contributed by atoms with Crippen LogP contribution in [0.3, 0.4) is 0 Å². The van der Waals surface area contributed by atoms with Crippen LogP contribution in [-0.4, -0.2) is 10.1 Å². The van der Waals surface area contributed by atoms with Gasteiger partial charge in [0.05, 0.1) is 10.0 Å². The fourth-order valence-electron chi connectivity index (χ4n) is 1.17. The molecule has 6 heteroatoms. The summed E-state index contributed by atoms with van der Waals surface area (Å²) in [6, 6.07) is 5.39. The molecular weight excluding hydrogens is 237 g/mol. The van der Waals surface area contributed by atoms with Gasteiger partial charge in [-0.2, -0.15) is 4.98 Å². The van der Waals surface area contributed by atoms with Crippen molar-refractivity contribution < 1.29 is 4.52 Å². The molecule has 0 aliphatic heterocycles.